The molecule has 4 atom stereocenters. The molecule has 2 rings (SSSR count). The minimum atomic E-state index is 0.104. The summed E-state index contributed by atoms with van der Waals surface area (Å²) >= 11 is 0. The molecule has 140 valence electrons. The lowest BCUT2D eigenvalue weighted by Crippen LogP contribution is -2.43. The van der Waals surface area contributed by atoms with E-state index in [9.17, 15) is 4.79 Å². The lowest BCUT2D eigenvalue weighted by Gasteiger charge is -2.36. The zero-order valence-electron chi connectivity index (χ0n) is 16.0. The summed E-state index contributed by atoms with van der Waals surface area (Å²) in [4.78, 5) is 12.9. The lowest BCUT2D eigenvalue weighted by molar-refractivity contribution is -0.129. The van der Waals surface area contributed by atoms with E-state index in [0.717, 1.165) is 13.0 Å². The number of amides is 1. The zero-order chi connectivity index (χ0) is 18.2. The fraction of sp³-hybridized carbons (Fsp3) is 0.667. The first-order chi connectivity index (χ1) is 12.0. The molecule has 1 aromatic carbocycles. The Labute approximate surface area is 153 Å². The van der Waals surface area contributed by atoms with Gasteiger partial charge in [-0.05, 0) is 36.2 Å². The van der Waals surface area contributed by atoms with Crippen molar-refractivity contribution in [3.8, 4) is 0 Å². The Morgan fingerprint density at radius 3 is 2.60 bits per heavy atom. The van der Waals surface area contributed by atoms with Crippen LogP contribution in [0.15, 0.2) is 30.3 Å². The largest absolute Gasteiger partial charge is 0.354 e. The van der Waals surface area contributed by atoms with Gasteiger partial charge in [0.15, 0.2) is 0 Å². The van der Waals surface area contributed by atoms with Gasteiger partial charge in [0.1, 0.15) is 0 Å². The Morgan fingerprint density at radius 1 is 1.24 bits per heavy atom. The standard InChI is InChI=1S/C21H35N3O/c1-15(2)18-10-9-16(3)13-19(18)21(25)24-14-20(23-12-11-22)17-7-5-4-6-8-17/h4-8,15-16,18-20,23H,9-14,22H2,1-3H3,(H,24,25)/t16-,18+,19+,20?/m0/s1. The second-order valence-electron chi connectivity index (χ2n) is 7.88. The topological polar surface area (TPSA) is 67.2 Å². The molecule has 0 radical (unpaired) electrons. The molecule has 1 aliphatic rings. The van der Waals surface area contributed by atoms with Gasteiger partial charge < -0.3 is 16.4 Å². The van der Waals surface area contributed by atoms with Crippen molar-refractivity contribution in [2.24, 2.45) is 29.4 Å². The van der Waals surface area contributed by atoms with Gasteiger partial charge in [-0.1, -0.05) is 57.5 Å². The van der Waals surface area contributed by atoms with Crippen molar-refractivity contribution in [2.45, 2.75) is 46.1 Å². The quantitative estimate of drug-likeness (QED) is 0.678. The lowest BCUT2D eigenvalue weighted by atomic mass is 9.70. The Balaban J connectivity index is 1.99. The number of carbonyl (C=O) groups excluding carboxylic acids is 1. The summed E-state index contributed by atoms with van der Waals surface area (Å²) in [6.45, 7) is 8.70. The van der Waals surface area contributed by atoms with E-state index >= 15 is 0 Å². The van der Waals surface area contributed by atoms with Gasteiger partial charge in [0.05, 0.1) is 0 Å². The summed E-state index contributed by atoms with van der Waals surface area (Å²) in [7, 11) is 0. The first-order valence-corrected chi connectivity index (χ1v) is 9.79. The van der Waals surface area contributed by atoms with E-state index in [2.05, 4.69) is 43.5 Å². The van der Waals surface area contributed by atoms with Crippen molar-refractivity contribution in [2.75, 3.05) is 19.6 Å². The predicted molar refractivity (Wildman–Crippen MR) is 104 cm³/mol. The van der Waals surface area contributed by atoms with Crippen LogP contribution in [0.25, 0.3) is 0 Å². The molecular formula is C21H35N3O. The van der Waals surface area contributed by atoms with Crippen LogP contribution < -0.4 is 16.4 Å². The van der Waals surface area contributed by atoms with Crippen molar-refractivity contribution in [1.82, 2.24) is 10.6 Å². The predicted octanol–water partition coefficient (Wildman–Crippen LogP) is 3.10. The maximum atomic E-state index is 12.9. The summed E-state index contributed by atoms with van der Waals surface area (Å²) < 4.78 is 0. The Kier molecular flexibility index (Phi) is 7.91. The maximum Gasteiger partial charge on any atom is 0.223 e. The normalized spacial score (nSPS) is 24.9. The molecule has 4 nitrogen and oxygen atoms in total. The Morgan fingerprint density at radius 2 is 1.96 bits per heavy atom. The average molecular weight is 346 g/mol. The molecule has 0 bridgehead atoms. The molecule has 0 aromatic heterocycles. The zero-order valence-corrected chi connectivity index (χ0v) is 16.0. The number of benzene rings is 1. The van der Waals surface area contributed by atoms with Gasteiger partial charge in [-0.2, -0.15) is 0 Å². The molecule has 4 heteroatoms. The van der Waals surface area contributed by atoms with Gasteiger partial charge in [0.25, 0.3) is 0 Å². The summed E-state index contributed by atoms with van der Waals surface area (Å²) in [6, 6.07) is 10.4. The molecule has 1 fully saturated rings. The summed E-state index contributed by atoms with van der Waals surface area (Å²) in [5.41, 5.74) is 6.83. The monoisotopic (exact) mass is 345 g/mol. The van der Waals surface area contributed by atoms with E-state index in [0.29, 0.717) is 30.8 Å². The third kappa shape index (κ3) is 5.82. The molecule has 0 saturated heterocycles. The smallest absolute Gasteiger partial charge is 0.223 e. The van der Waals surface area contributed by atoms with Crippen molar-refractivity contribution in [3.05, 3.63) is 35.9 Å². The van der Waals surface area contributed by atoms with Gasteiger partial charge in [-0.25, -0.2) is 0 Å². The van der Waals surface area contributed by atoms with E-state index in [1.54, 1.807) is 0 Å². The fourth-order valence-corrected chi connectivity index (χ4v) is 4.09. The minimum Gasteiger partial charge on any atom is -0.354 e. The number of carbonyl (C=O) groups is 1. The highest BCUT2D eigenvalue weighted by Gasteiger charge is 2.35. The first kappa shape index (κ1) is 19.9. The van der Waals surface area contributed by atoms with Crippen molar-refractivity contribution < 1.29 is 4.79 Å². The van der Waals surface area contributed by atoms with Crippen LogP contribution in [0.5, 0.6) is 0 Å². The fourth-order valence-electron chi connectivity index (χ4n) is 4.09. The molecule has 25 heavy (non-hydrogen) atoms. The van der Waals surface area contributed by atoms with Gasteiger partial charge in [0, 0.05) is 31.6 Å². The van der Waals surface area contributed by atoms with Crippen molar-refractivity contribution >= 4 is 5.91 Å². The summed E-state index contributed by atoms with van der Waals surface area (Å²) in [6.07, 6.45) is 3.43. The van der Waals surface area contributed by atoms with Crippen LogP contribution in [-0.4, -0.2) is 25.5 Å². The van der Waals surface area contributed by atoms with E-state index in [4.69, 9.17) is 5.73 Å². The first-order valence-electron chi connectivity index (χ1n) is 9.79. The maximum absolute atomic E-state index is 12.9. The SMILES string of the molecule is CC(C)[C@H]1CC[C@H](C)C[C@H]1C(=O)NCC(NCCN)c1ccccc1. The molecule has 1 unspecified atom stereocenters. The summed E-state index contributed by atoms with van der Waals surface area (Å²) in [5, 5.41) is 6.67. The number of nitrogens with two attached hydrogens (primary N) is 1. The molecule has 4 N–H and O–H groups in total. The Bertz CT molecular complexity index is 517. The van der Waals surface area contributed by atoms with E-state index in [-0.39, 0.29) is 17.9 Å². The molecule has 0 heterocycles. The number of hydrogen-bond donors (Lipinski definition) is 3. The minimum absolute atomic E-state index is 0.104. The van der Waals surface area contributed by atoms with Crippen LogP contribution in [0.4, 0.5) is 0 Å². The number of rotatable bonds is 8. The van der Waals surface area contributed by atoms with E-state index in [1.807, 2.05) is 18.2 Å². The average Bonchev–Trinajstić information content (AvgIpc) is 2.62. The van der Waals surface area contributed by atoms with Crippen LogP contribution in [0.1, 0.15) is 51.6 Å². The van der Waals surface area contributed by atoms with Crippen LogP contribution in [0.2, 0.25) is 0 Å². The molecule has 1 aromatic rings. The summed E-state index contributed by atoms with van der Waals surface area (Å²) in [5.74, 6) is 2.08. The highest BCUT2D eigenvalue weighted by molar-refractivity contribution is 5.79. The molecule has 0 aliphatic heterocycles. The molecule has 0 spiro atoms. The van der Waals surface area contributed by atoms with Crippen LogP contribution in [0, 0.1) is 23.7 Å². The molecular weight excluding hydrogens is 310 g/mol. The highest BCUT2D eigenvalue weighted by Crippen LogP contribution is 2.38. The van der Waals surface area contributed by atoms with Gasteiger partial charge >= 0.3 is 0 Å². The van der Waals surface area contributed by atoms with Crippen LogP contribution in [-0.2, 0) is 4.79 Å². The van der Waals surface area contributed by atoms with Crippen LogP contribution in [0.3, 0.4) is 0 Å². The van der Waals surface area contributed by atoms with Gasteiger partial charge in [0.2, 0.25) is 5.91 Å². The molecule has 1 amide bonds. The second-order valence-corrected chi connectivity index (χ2v) is 7.88. The third-order valence-electron chi connectivity index (χ3n) is 5.58. The van der Waals surface area contributed by atoms with Gasteiger partial charge in [-0.15, -0.1) is 0 Å². The second kappa shape index (κ2) is 9.93. The van der Waals surface area contributed by atoms with Crippen molar-refractivity contribution in [1.29, 1.82) is 0 Å². The highest BCUT2D eigenvalue weighted by atomic mass is 16.1. The third-order valence-corrected chi connectivity index (χ3v) is 5.58. The van der Waals surface area contributed by atoms with Gasteiger partial charge in [-0.3, -0.25) is 4.79 Å². The van der Waals surface area contributed by atoms with E-state index < -0.39 is 0 Å². The number of nitrogens with one attached hydrogen (secondary N) is 2. The Hall–Kier alpha value is -1.39. The molecule has 1 saturated carbocycles. The van der Waals surface area contributed by atoms with Crippen molar-refractivity contribution in [3.63, 3.8) is 0 Å². The number of hydrogen-bond acceptors (Lipinski definition) is 3. The molecule has 1 aliphatic carbocycles. The van der Waals surface area contributed by atoms with E-state index in [1.165, 1.54) is 18.4 Å². The van der Waals surface area contributed by atoms with Crippen LogP contribution >= 0.6 is 0 Å².